The number of hydrogen-bond acceptors (Lipinski definition) is 2. The number of ketones is 1. The van der Waals surface area contributed by atoms with Crippen molar-refractivity contribution in [1.29, 1.82) is 0 Å². The molecular formula is C10H10FNO. The van der Waals surface area contributed by atoms with Crippen molar-refractivity contribution in [3.05, 3.63) is 29.1 Å². The Morgan fingerprint density at radius 2 is 2.23 bits per heavy atom. The second-order valence-corrected chi connectivity index (χ2v) is 3.22. The highest BCUT2D eigenvalue weighted by atomic mass is 19.1. The van der Waals surface area contributed by atoms with Crippen LogP contribution in [0.25, 0.3) is 0 Å². The summed E-state index contributed by atoms with van der Waals surface area (Å²) in [5, 5.41) is 3.00. The van der Waals surface area contributed by atoms with Crippen molar-refractivity contribution in [2.75, 3.05) is 11.9 Å². The molecule has 0 saturated heterocycles. The quantitative estimate of drug-likeness (QED) is 0.661. The molecule has 1 aromatic carbocycles. The van der Waals surface area contributed by atoms with Crippen molar-refractivity contribution < 1.29 is 9.18 Å². The molecule has 0 saturated carbocycles. The number of carbonyl (C=O) groups excluding carboxylic acids is 1. The van der Waals surface area contributed by atoms with Crippen LogP contribution in [0.1, 0.15) is 22.3 Å². The Bertz CT molecular complexity index is 373. The number of anilines is 1. The minimum absolute atomic E-state index is 0.102. The van der Waals surface area contributed by atoms with Gasteiger partial charge in [-0.2, -0.15) is 0 Å². The van der Waals surface area contributed by atoms with Crippen LogP contribution in [0.2, 0.25) is 0 Å². The zero-order valence-corrected chi connectivity index (χ0v) is 7.36. The SMILES string of the molecule is Cc1ccc2c(c1F)C(=O)CCN2. The molecular weight excluding hydrogens is 169 g/mol. The molecule has 1 heterocycles. The van der Waals surface area contributed by atoms with Crippen LogP contribution >= 0.6 is 0 Å². The predicted molar refractivity (Wildman–Crippen MR) is 48.6 cm³/mol. The fourth-order valence-electron chi connectivity index (χ4n) is 1.54. The number of carbonyl (C=O) groups is 1. The maximum atomic E-state index is 13.5. The molecule has 0 radical (unpaired) electrons. The molecule has 1 aliphatic heterocycles. The van der Waals surface area contributed by atoms with E-state index < -0.39 is 0 Å². The standard InChI is InChI=1S/C10H10FNO/c1-6-2-3-7-9(10(6)11)8(13)4-5-12-7/h2-3,12H,4-5H2,1H3. The molecule has 0 aliphatic carbocycles. The molecule has 0 bridgehead atoms. The molecule has 68 valence electrons. The smallest absolute Gasteiger partial charge is 0.169 e. The number of halogens is 1. The number of benzene rings is 1. The first-order chi connectivity index (χ1) is 6.20. The lowest BCUT2D eigenvalue weighted by molar-refractivity contribution is 0.0979. The van der Waals surface area contributed by atoms with E-state index >= 15 is 0 Å². The molecule has 1 aliphatic rings. The second-order valence-electron chi connectivity index (χ2n) is 3.22. The van der Waals surface area contributed by atoms with Gasteiger partial charge in [-0.1, -0.05) is 6.07 Å². The summed E-state index contributed by atoms with van der Waals surface area (Å²) in [7, 11) is 0. The molecule has 0 aromatic heterocycles. The average molecular weight is 179 g/mol. The first-order valence-corrected chi connectivity index (χ1v) is 4.26. The van der Waals surface area contributed by atoms with Crippen LogP contribution < -0.4 is 5.32 Å². The van der Waals surface area contributed by atoms with Crippen molar-refractivity contribution in [3.63, 3.8) is 0 Å². The predicted octanol–water partition coefficient (Wildman–Crippen LogP) is 2.13. The summed E-state index contributed by atoms with van der Waals surface area (Å²) in [6.45, 7) is 2.27. The molecule has 1 N–H and O–H groups in total. The van der Waals surface area contributed by atoms with Gasteiger partial charge in [-0.15, -0.1) is 0 Å². The van der Waals surface area contributed by atoms with Gasteiger partial charge in [-0.25, -0.2) is 4.39 Å². The van der Waals surface area contributed by atoms with E-state index in [2.05, 4.69) is 5.32 Å². The minimum atomic E-state index is -0.380. The molecule has 0 atom stereocenters. The Balaban J connectivity index is 2.65. The van der Waals surface area contributed by atoms with Crippen molar-refractivity contribution in [2.45, 2.75) is 13.3 Å². The first-order valence-electron chi connectivity index (χ1n) is 4.26. The molecule has 2 rings (SSSR count). The van der Waals surface area contributed by atoms with Crippen molar-refractivity contribution in [3.8, 4) is 0 Å². The summed E-state index contributed by atoms with van der Waals surface area (Å²) in [4.78, 5) is 11.4. The van der Waals surface area contributed by atoms with E-state index in [0.717, 1.165) is 0 Å². The topological polar surface area (TPSA) is 29.1 Å². The van der Waals surface area contributed by atoms with Crippen LogP contribution in [0.4, 0.5) is 10.1 Å². The largest absolute Gasteiger partial charge is 0.384 e. The van der Waals surface area contributed by atoms with Gasteiger partial charge in [0.25, 0.3) is 0 Å². The van der Waals surface area contributed by atoms with Gasteiger partial charge in [0.05, 0.1) is 5.56 Å². The molecule has 0 amide bonds. The van der Waals surface area contributed by atoms with Crippen LogP contribution in [-0.2, 0) is 0 Å². The Labute approximate surface area is 75.8 Å². The summed E-state index contributed by atoms with van der Waals surface area (Å²) in [6.07, 6.45) is 0.382. The van der Waals surface area contributed by atoms with Gasteiger partial charge < -0.3 is 5.32 Å². The summed E-state index contributed by atoms with van der Waals surface area (Å²) in [5.41, 5.74) is 1.38. The highest BCUT2D eigenvalue weighted by Crippen LogP contribution is 2.26. The van der Waals surface area contributed by atoms with Gasteiger partial charge >= 0.3 is 0 Å². The van der Waals surface area contributed by atoms with E-state index in [0.29, 0.717) is 24.2 Å². The van der Waals surface area contributed by atoms with Gasteiger partial charge in [0.1, 0.15) is 5.82 Å². The third kappa shape index (κ3) is 1.20. The molecule has 0 fully saturated rings. The average Bonchev–Trinajstić information content (AvgIpc) is 2.12. The van der Waals surface area contributed by atoms with E-state index in [1.54, 1.807) is 19.1 Å². The van der Waals surface area contributed by atoms with E-state index in [1.807, 2.05) is 0 Å². The lowest BCUT2D eigenvalue weighted by Crippen LogP contribution is -2.19. The first kappa shape index (κ1) is 8.23. The molecule has 3 heteroatoms. The number of fused-ring (bicyclic) bond motifs is 1. The van der Waals surface area contributed by atoms with Crippen molar-refractivity contribution in [1.82, 2.24) is 0 Å². The van der Waals surface area contributed by atoms with Gasteiger partial charge in [0.15, 0.2) is 5.78 Å². The number of nitrogens with one attached hydrogen (secondary N) is 1. The molecule has 2 nitrogen and oxygen atoms in total. The van der Waals surface area contributed by atoms with Crippen LogP contribution in [-0.4, -0.2) is 12.3 Å². The Hall–Kier alpha value is -1.38. The van der Waals surface area contributed by atoms with Crippen LogP contribution in [0, 0.1) is 12.7 Å². The monoisotopic (exact) mass is 179 g/mol. The fourth-order valence-corrected chi connectivity index (χ4v) is 1.54. The number of hydrogen-bond donors (Lipinski definition) is 1. The molecule has 1 aromatic rings. The highest BCUT2D eigenvalue weighted by Gasteiger charge is 2.21. The van der Waals surface area contributed by atoms with E-state index in [9.17, 15) is 9.18 Å². The number of rotatable bonds is 0. The van der Waals surface area contributed by atoms with E-state index in [1.165, 1.54) is 0 Å². The van der Waals surface area contributed by atoms with Crippen molar-refractivity contribution in [2.24, 2.45) is 0 Å². The van der Waals surface area contributed by atoms with E-state index in [4.69, 9.17) is 0 Å². The maximum absolute atomic E-state index is 13.5. The lowest BCUT2D eigenvalue weighted by atomic mass is 9.99. The third-order valence-corrected chi connectivity index (χ3v) is 2.28. The Morgan fingerprint density at radius 3 is 3.00 bits per heavy atom. The number of aryl methyl sites for hydroxylation is 1. The van der Waals surface area contributed by atoms with Crippen molar-refractivity contribution >= 4 is 11.5 Å². The molecule has 0 unspecified atom stereocenters. The second kappa shape index (κ2) is 2.83. The fraction of sp³-hybridized carbons (Fsp3) is 0.300. The summed E-state index contributed by atoms with van der Waals surface area (Å²) < 4.78 is 13.5. The van der Waals surface area contributed by atoms with Gasteiger partial charge in [-0.05, 0) is 18.6 Å². The normalized spacial score (nSPS) is 15.1. The van der Waals surface area contributed by atoms with Gasteiger partial charge in [-0.3, -0.25) is 4.79 Å². The van der Waals surface area contributed by atoms with E-state index in [-0.39, 0.29) is 17.2 Å². The lowest BCUT2D eigenvalue weighted by Gasteiger charge is -2.17. The molecule has 13 heavy (non-hydrogen) atoms. The van der Waals surface area contributed by atoms with Crippen LogP contribution in [0.5, 0.6) is 0 Å². The summed E-state index contributed by atoms with van der Waals surface area (Å²) in [6, 6.07) is 3.44. The van der Waals surface area contributed by atoms with Crippen LogP contribution in [0.3, 0.4) is 0 Å². The summed E-state index contributed by atoms with van der Waals surface area (Å²) in [5.74, 6) is -0.482. The maximum Gasteiger partial charge on any atom is 0.169 e. The van der Waals surface area contributed by atoms with Crippen LogP contribution in [0.15, 0.2) is 12.1 Å². The minimum Gasteiger partial charge on any atom is -0.384 e. The zero-order chi connectivity index (χ0) is 9.42. The zero-order valence-electron chi connectivity index (χ0n) is 7.36. The number of Topliss-reactive ketones (excluding diaryl/α,β-unsaturated/α-hetero) is 1. The Kier molecular flexibility index (Phi) is 1.79. The summed E-state index contributed by atoms with van der Waals surface area (Å²) >= 11 is 0. The van der Waals surface area contributed by atoms with Gasteiger partial charge in [0, 0.05) is 18.7 Å². The third-order valence-electron chi connectivity index (χ3n) is 2.28. The van der Waals surface area contributed by atoms with Gasteiger partial charge in [0.2, 0.25) is 0 Å². The highest BCUT2D eigenvalue weighted by molar-refractivity contribution is 6.03. The molecule has 0 spiro atoms. The Morgan fingerprint density at radius 1 is 1.46 bits per heavy atom.